The Morgan fingerprint density at radius 2 is 1.83 bits per heavy atom. The van der Waals surface area contributed by atoms with E-state index >= 15 is 0 Å². The van der Waals surface area contributed by atoms with Gasteiger partial charge in [0, 0.05) is 38.3 Å². The maximum atomic E-state index is 11.4. The van der Waals surface area contributed by atoms with Crippen molar-refractivity contribution in [2.75, 3.05) is 41.3 Å². The lowest BCUT2D eigenvalue weighted by Crippen LogP contribution is -2.46. The number of carbonyl (C=O) groups is 1. The molecule has 126 valence electrons. The number of rotatable bonds is 4. The van der Waals surface area contributed by atoms with Gasteiger partial charge in [-0.3, -0.25) is 4.79 Å². The molecule has 0 aliphatic carbocycles. The molecule has 1 aliphatic heterocycles. The number of aryl methyl sites for hydroxylation is 1. The molecule has 0 radical (unpaired) electrons. The van der Waals surface area contributed by atoms with E-state index in [1.807, 2.05) is 19.1 Å². The van der Waals surface area contributed by atoms with E-state index in [9.17, 15) is 4.79 Å². The Kier molecular flexibility index (Phi) is 4.93. The summed E-state index contributed by atoms with van der Waals surface area (Å²) in [6, 6.07) is 12.3. The standard InChI is InChI=1S/C18H23N5O/c1-3-18(24)19-16-7-8-17(21-20-16)23-11-9-22(10-12-23)15-6-4-5-14(2)13-15/h4-8,13H,3,9-12H2,1-2H3,(H,19,20,24). The summed E-state index contributed by atoms with van der Waals surface area (Å²) < 4.78 is 0. The third-order valence-corrected chi connectivity index (χ3v) is 4.21. The fourth-order valence-corrected chi connectivity index (χ4v) is 2.81. The predicted molar refractivity (Wildman–Crippen MR) is 96.6 cm³/mol. The molecule has 1 N–H and O–H groups in total. The number of benzene rings is 1. The van der Waals surface area contributed by atoms with Crippen LogP contribution in [0.2, 0.25) is 0 Å². The number of nitrogens with zero attached hydrogens (tertiary/aromatic N) is 4. The van der Waals surface area contributed by atoms with E-state index in [-0.39, 0.29) is 5.91 Å². The average Bonchev–Trinajstić information content (AvgIpc) is 2.62. The molecular formula is C18H23N5O. The second-order valence-corrected chi connectivity index (χ2v) is 5.99. The van der Waals surface area contributed by atoms with Crippen LogP contribution in [-0.4, -0.2) is 42.3 Å². The summed E-state index contributed by atoms with van der Waals surface area (Å²) in [6.07, 6.45) is 0.435. The van der Waals surface area contributed by atoms with E-state index in [1.54, 1.807) is 0 Å². The maximum Gasteiger partial charge on any atom is 0.225 e. The SMILES string of the molecule is CCC(=O)Nc1ccc(N2CCN(c3cccc(C)c3)CC2)nn1. The van der Waals surface area contributed by atoms with Gasteiger partial charge in [0.1, 0.15) is 0 Å². The van der Waals surface area contributed by atoms with Crippen molar-refractivity contribution in [1.29, 1.82) is 0 Å². The molecule has 6 nitrogen and oxygen atoms in total. The zero-order chi connectivity index (χ0) is 16.9. The highest BCUT2D eigenvalue weighted by Crippen LogP contribution is 2.20. The van der Waals surface area contributed by atoms with Gasteiger partial charge in [-0.1, -0.05) is 19.1 Å². The lowest BCUT2D eigenvalue weighted by Gasteiger charge is -2.36. The molecule has 2 heterocycles. The smallest absolute Gasteiger partial charge is 0.225 e. The highest BCUT2D eigenvalue weighted by molar-refractivity contribution is 5.89. The summed E-state index contributed by atoms with van der Waals surface area (Å²) in [7, 11) is 0. The molecule has 24 heavy (non-hydrogen) atoms. The Morgan fingerprint density at radius 3 is 2.46 bits per heavy atom. The van der Waals surface area contributed by atoms with E-state index in [2.05, 4.69) is 56.5 Å². The van der Waals surface area contributed by atoms with Crippen LogP contribution in [0.4, 0.5) is 17.3 Å². The zero-order valence-corrected chi connectivity index (χ0v) is 14.2. The van der Waals surface area contributed by atoms with Crippen molar-refractivity contribution in [3.63, 3.8) is 0 Å². The molecule has 0 atom stereocenters. The van der Waals surface area contributed by atoms with Gasteiger partial charge >= 0.3 is 0 Å². The van der Waals surface area contributed by atoms with Crippen LogP contribution in [0.1, 0.15) is 18.9 Å². The molecule has 2 aromatic rings. The summed E-state index contributed by atoms with van der Waals surface area (Å²) in [4.78, 5) is 16.0. The van der Waals surface area contributed by atoms with E-state index in [4.69, 9.17) is 0 Å². The first kappa shape index (κ1) is 16.2. The minimum Gasteiger partial charge on any atom is -0.368 e. The third-order valence-electron chi connectivity index (χ3n) is 4.21. The Labute approximate surface area is 142 Å². The molecule has 0 unspecified atom stereocenters. The number of aromatic nitrogens is 2. The van der Waals surface area contributed by atoms with Gasteiger partial charge in [0.25, 0.3) is 0 Å². The monoisotopic (exact) mass is 325 g/mol. The highest BCUT2D eigenvalue weighted by Gasteiger charge is 2.18. The Hall–Kier alpha value is -2.63. The lowest BCUT2D eigenvalue weighted by molar-refractivity contribution is -0.115. The first-order valence-electron chi connectivity index (χ1n) is 8.36. The maximum absolute atomic E-state index is 11.4. The Bertz CT molecular complexity index is 693. The summed E-state index contributed by atoms with van der Waals surface area (Å²) >= 11 is 0. The van der Waals surface area contributed by atoms with Gasteiger partial charge in [0.2, 0.25) is 5.91 Å². The molecule has 0 saturated carbocycles. The molecule has 0 spiro atoms. The van der Waals surface area contributed by atoms with Crippen molar-refractivity contribution >= 4 is 23.2 Å². The van der Waals surface area contributed by atoms with Crippen LogP contribution in [0.3, 0.4) is 0 Å². The van der Waals surface area contributed by atoms with Crippen molar-refractivity contribution in [2.24, 2.45) is 0 Å². The highest BCUT2D eigenvalue weighted by atomic mass is 16.1. The third kappa shape index (κ3) is 3.82. The molecule has 1 aromatic carbocycles. The van der Waals surface area contributed by atoms with E-state index in [0.717, 1.165) is 32.0 Å². The number of piperazine rings is 1. The fourth-order valence-electron chi connectivity index (χ4n) is 2.81. The summed E-state index contributed by atoms with van der Waals surface area (Å²) in [5.74, 6) is 1.31. The summed E-state index contributed by atoms with van der Waals surface area (Å²) in [5.41, 5.74) is 2.56. The number of hydrogen-bond donors (Lipinski definition) is 1. The topological polar surface area (TPSA) is 61.4 Å². The second kappa shape index (κ2) is 7.29. The quantitative estimate of drug-likeness (QED) is 0.935. The van der Waals surface area contributed by atoms with Gasteiger partial charge in [0.05, 0.1) is 0 Å². The second-order valence-electron chi connectivity index (χ2n) is 5.99. The molecule has 6 heteroatoms. The number of nitrogens with one attached hydrogen (secondary N) is 1. The van der Waals surface area contributed by atoms with Crippen molar-refractivity contribution in [1.82, 2.24) is 10.2 Å². The molecular weight excluding hydrogens is 302 g/mol. The molecule has 1 fully saturated rings. The van der Waals surface area contributed by atoms with Gasteiger partial charge in [-0.25, -0.2) is 0 Å². The largest absolute Gasteiger partial charge is 0.368 e. The van der Waals surface area contributed by atoms with Crippen molar-refractivity contribution in [3.8, 4) is 0 Å². The first-order chi connectivity index (χ1) is 11.7. The van der Waals surface area contributed by atoms with Gasteiger partial charge in [0.15, 0.2) is 11.6 Å². The average molecular weight is 325 g/mol. The van der Waals surface area contributed by atoms with Crippen LogP contribution in [0, 0.1) is 6.92 Å². The van der Waals surface area contributed by atoms with Gasteiger partial charge < -0.3 is 15.1 Å². The molecule has 1 saturated heterocycles. The number of anilines is 3. The van der Waals surface area contributed by atoms with Crippen LogP contribution in [-0.2, 0) is 4.79 Å². The Balaban J connectivity index is 1.59. The lowest BCUT2D eigenvalue weighted by atomic mass is 10.2. The molecule has 1 aliphatic rings. The number of hydrogen-bond acceptors (Lipinski definition) is 5. The van der Waals surface area contributed by atoms with Gasteiger partial charge in [-0.2, -0.15) is 0 Å². The van der Waals surface area contributed by atoms with Crippen LogP contribution < -0.4 is 15.1 Å². The van der Waals surface area contributed by atoms with E-state index in [0.29, 0.717) is 12.2 Å². The molecule has 1 amide bonds. The fraction of sp³-hybridized carbons (Fsp3) is 0.389. The summed E-state index contributed by atoms with van der Waals surface area (Å²) in [6.45, 7) is 7.66. The molecule has 0 bridgehead atoms. The van der Waals surface area contributed by atoms with Crippen LogP contribution in [0.5, 0.6) is 0 Å². The van der Waals surface area contributed by atoms with Crippen LogP contribution >= 0.6 is 0 Å². The Morgan fingerprint density at radius 1 is 1.08 bits per heavy atom. The molecule has 3 rings (SSSR count). The minimum absolute atomic E-state index is 0.0520. The van der Waals surface area contributed by atoms with Crippen LogP contribution in [0.15, 0.2) is 36.4 Å². The zero-order valence-electron chi connectivity index (χ0n) is 14.2. The van der Waals surface area contributed by atoms with Gasteiger partial charge in [-0.15, -0.1) is 10.2 Å². The first-order valence-corrected chi connectivity index (χ1v) is 8.36. The molecule has 1 aromatic heterocycles. The summed E-state index contributed by atoms with van der Waals surface area (Å²) in [5, 5.41) is 11.1. The minimum atomic E-state index is -0.0520. The predicted octanol–water partition coefficient (Wildman–Crippen LogP) is 2.46. The number of carbonyl (C=O) groups excluding carboxylic acids is 1. The van der Waals surface area contributed by atoms with Crippen molar-refractivity contribution < 1.29 is 4.79 Å². The van der Waals surface area contributed by atoms with Crippen molar-refractivity contribution in [2.45, 2.75) is 20.3 Å². The van der Waals surface area contributed by atoms with Crippen molar-refractivity contribution in [3.05, 3.63) is 42.0 Å². The van der Waals surface area contributed by atoms with E-state index < -0.39 is 0 Å². The van der Waals surface area contributed by atoms with Gasteiger partial charge in [-0.05, 0) is 36.8 Å². The number of amides is 1. The van der Waals surface area contributed by atoms with Crippen LogP contribution in [0.25, 0.3) is 0 Å². The van der Waals surface area contributed by atoms with E-state index in [1.165, 1.54) is 11.3 Å². The normalized spacial score (nSPS) is 14.6.